The minimum atomic E-state index is -2.90. The first-order chi connectivity index (χ1) is 6.47. The fraction of sp³-hybridized carbons (Fsp3) is 0.333. The summed E-state index contributed by atoms with van der Waals surface area (Å²) in [5, 5.41) is 0.277. The highest BCUT2D eigenvalue weighted by molar-refractivity contribution is 9.10. The third kappa shape index (κ3) is 2.65. The lowest BCUT2D eigenvalue weighted by molar-refractivity contribution is -0.0107. The molecule has 0 radical (unpaired) electrons. The third-order valence-corrected chi connectivity index (χ3v) is 3.03. The van der Waals surface area contributed by atoms with Crippen molar-refractivity contribution in [1.82, 2.24) is 0 Å². The van der Waals surface area contributed by atoms with Crippen LogP contribution in [0, 0.1) is 0 Å². The van der Waals surface area contributed by atoms with Crippen molar-refractivity contribution in [3.63, 3.8) is 0 Å². The second kappa shape index (κ2) is 4.55. The summed E-state index contributed by atoms with van der Waals surface area (Å²) >= 11 is 8.84. The van der Waals surface area contributed by atoms with Crippen molar-refractivity contribution < 1.29 is 8.78 Å². The van der Waals surface area contributed by atoms with Crippen molar-refractivity contribution in [2.24, 2.45) is 5.73 Å². The van der Waals surface area contributed by atoms with Crippen molar-refractivity contribution in [3.05, 3.63) is 33.3 Å². The molecule has 0 atom stereocenters. The molecule has 1 aromatic carbocycles. The van der Waals surface area contributed by atoms with E-state index in [4.69, 9.17) is 17.3 Å². The highest BCUT2D eigenvalue weighted by Crippen LogP contribution is 2.34. The molecular formula is C9H9BrClF2N. The minimum Gasteiger partial charge on any atom is -0.330 e. The Morgan fingerprint density at radius 2 is 2.07 bits per heavy atom. The molecule has 0 aliphatic rings. The van der Waals surface area contributed by atoms with E-state index in [1.165, 1.54) is 18.2 Å². The molecule has 1 aromatic rings. The summed E-state index contributed by atoms with van der Waals surface area (Å²) in [5.74, 6) is -2.90. The van der Waals surface area contributed by atoms with Crippen molar-refractivity contribution in [2.75, 3.05) is 6.54 Å². The van der Waals surface area contributed by atoms with E-state index in [1.54, 1.807) is 0 Å². The first-order valence-corrected chi connectivity index (χ1v) is 5.18. The first kappa shape index (κ1) is 11.9. The molecule has 14 heavy (non-hydrogen) atoms. The molecule has 0 fully saturated rings. The zero-order valence-electron chi connectivity index (χ0n) is 7.24. The molecule has 2 N–H and O–H groups in total. The quantitative estimate of drug-likeness (QED) is 0.902. The van der Waals surface area contributed by atoms with Gasteiger partial charge >= 0.3 is 0 Å². The van der Waals surface area contributed by atoms with Crippen LogP contribution in [0.3, 0.4) is 0 Å². The normalized spacial score (nSPS) is 11.8. The zero-order valence-corrected chi connectivity index (χ0v) is 9.58. The van der Waals surface area contributed by atoms with Crippen molar-refractivity contribution in [2.45, 2.75) is 12.3 Å². The number of hydrogen-bond donors (Lipinski definition) is 1. The zero-order chi connectivity index (χ0) is 10.8. The Hall–Kier alpha value is -0.190. The largest absolute Gasteiger partial charge is 0.330 e. The van der Waals surface area contributed by atoms with Gasteiger partial charge in [-0.15, -0.1) is 0 Å². The average Bonchev–Trinajstić information content (AvgIpc) is 2.09. The molecule has 0 bridgehead atoms. The minimum absolute atomic E-state index is 0.0549. The van der Waals surface area contributed by atoms with Crippen LogP contribution in [0.2, 0.25) is 5.02 Å². The molecule has 5 heteroatoms. The van der Waals surface area contributed by atoms with E-state index in [1.807, 2.05) is 0 Å². The standard InChI is InChI=1S/C9H9BrClF2N/c10-7-2-1-6(5-8(7)11)9(12,13)3-4-14/h1-2,5H,3-4,14H2. The van der Waals surface area contributed by atoms with Crippen LogP contribution in [0.5, 0.6) is 0 Å². The number of halogens is 4. The van der Waals surface area contributed by atoms with E-state index >= 15 is 0 Å². The van der Waals surface area contributed by atoms with Gasteiger partial charge in [-0.05, 0) is 34.6 Å². The molecular weight excluding hydrogens is 275 g/mol. The second-order valence-corrected chi connectivity index (χ2v) is 4.13. The van der Waals surface area contributed by atoms with Gasteiger partial charge in [-0.2, -0.15) is 0 Å². The van der Waals surface area contributed by atoms with Crippen LogP contribution >= 0.6 is 27.5 Å². The van der Waals surface area contributed by atoms with Gasteiger partial charge in [0.1, 0.15) is 0 Å². The molecule has 78 valence electrons. The van der Waals surface area contributed by atoms with Crippen LogP contribution in [-0.2, 0) is 5.92 Å². The molecule has 0 aliphatic heterocycles. The lowest BCUT2D eigenvalue weighted by atomic mass is 10.1. The smallest absolute Gasteiger partial charge is 0.274 e. The lowest BCUT2D eigenvalue weighted by Gasteiger charge is -2.16. The van der Waals surface area contributed by atoms with E-state index < -0.39 is 5.92 Å². The fourth-order valence-electron chi connectivity index (χ4n) is 1.05. The first-order valence-electron chi connectivity index (χ1n) is 4.01. The Morgan fingerprint density at radius 3 is 2.57 bits per heavy atom. The number of benzene rings is 1. The topological polar surface area (TPSA) is 26.0 Å². The Bertz CT molecular complexity index is 331. The number of nitrogens with two attached hydrogens (primary N) is 1. The average molecular weight is 285 g/mol. The number of rotatable bonds is 3. The van der Waals surface area contributed by atoms with Crippen LogP contribution in [0.1, 0.15) is 12.0 Å². The fourth-order valence-corrected chi connectivity index (χ4v) is 1.48. The van der Waals surface area contributed by atoms with E-state index in [-0.39, 0.29) is 23.6 Å². The summed E-state index contributed by atoms with van der Waals surface area (Å²) in [6.07, 6.45) is -0.370. The van der Waals surface area contributed by atoms with Crippen LogP contribution in [-0.4, -0.2) is 6.54 Å². The summed E-state index contributed by atoms with van der Waals surface area (Å²) in [6, 6.07) is 4.09. The van der Waals surface area contributed by atoms with Crippen molar-refractivity contribution in [3.8, 4) is 0 Å². The number of alkyl halides is 2. The van der Waals surface area contributed by atoms with Crippen molar-refractivity contribution in [1.29, 1.82) is 0 Å². The summed E-state index contributed by atoms with van der Waals surface area (Å²) < 4.78 is 27.2. The summed E-state index contributed by atoms with van der Waals surface area (Å²) in [5.41, 5.74) is 5.00. The summed E-state index contributed by atoms with van der Waals surface area (Å²) in [6.45, 7) is -0.0549. The van der Waals surface area contributed by atoms with Crippen LogP contribution in [0.4, 0.5) is 8.78 Å². The van der Waals surface area contributed by atoms with Gasteiger partial charge in [0.2, 0.25) is 0 Å². The maximum atomic E-state index is 13.3. The lowest BCUT2D eigenvalue weighted by Crippen LogP contribution is -2.18. The SMILES string of the molecule is NCCC(F)(F)c1ccc(Br)c(Cl)c1. The molecule has 0 heterocycles. The molecule has 0 aromatic heterocycles. The van der Waals surface area contributed by atoms with Gasteiger partial charge in [-0.25, -0.2) is 8.78 Å². The highest BCUT2D eigenvalue weighted by atomic mass is 79.9. The van der Waals surface area contributed by atoms with Gasteiger partial charge < -0.3 is 5.73 Å². The summed E-state index contributed by atoms with van der Waals surface area (Å²) in [4.78, 5) is 0. The molecule has 1 nitrogen and oxygen atoms in total. The highest BCUT2D eigenvalue weighted by Gasteiger charge is 2.30. The van der Waals surface area contributed by atoms with Gasteiger partial charge in [0.15, 0.2) is 0 Å². The predicted octanol–water partition coefficient (Wildman–Crippen LogP) is 3.54. The Labute approximate surface area is 94.4 Å². The van der Waals surface area contributed by atoms with Crippen molar-refractivity contribution >= 4 is 27.5 Å². The molecule has 1 rings (SSSR count). The summed E-state index contributed by atoms with van der Waals surface area (Å²) in [7, 11) is 0. The third-order valence-electron chi connectivity index (χ3n) is 1.80. The van der Waals surface area contributed by atoms with Gasteiger partial charge in [0.05, 0.1) is 5.02 Å². The Morgan fingerprint density at radius 1 is 1.43 bits per heavy atom. The van der Waals surface area contributed by atoms with Gasteiger partial charge in [0, 0.05) is 16.5 Å². The molecule has 0 aliphatic carbocycles. The van der Waals surface area contributed by atoms with Crippen LogP contribution in [0.15, 0.2) is 22.7 Å². The van der Waals surface area contributed by atoms with Gasteiger partial charge in [-0.3, -0.25) is 0 Å². The van der Waals surface area contributed by atoms with E-state index in [2.05, 4.69) is 15.9 Å². The molecule has 0 spiro atoms. The molecule has 0 saturated heterocycles. The molecule has 0 saturated carbocycles. The van der Waals surface area contributed by atoms with Gasteiger partial charge in [-0.1, -0.05) is 17.7 Å². The maximum absolute atomic E-state index is 13.3. The van der Waals surface area contributed by atoms with Gasteiger partial charge in [0.25, 0.3) is 5.92 Å². The van der Waals surface area contributed by atoms with E-state index in [0.29, 0.717) is 4.47 Å². The van der Waals surface area contributed by atoms with E-state index in [0.717, 1.165) is 0 Å². The predicted molar refractivity (Wildman–Crippen MR) is 56.7 cm³/mol. The monoisotopic (exact) mass is 283 g/mol. The van der Waals surface area contributed by atoms with Crippen LogP contribution < -0.4 is 5.73 Å². The molecule has 0 unspecified atom stereocenters. The number of hydrogen-bond acceptors (Lipinski definition) is 1. The van der Waals surface area contributed by atoms with Crippen LogP contribution in [0.25, 0.3) is 0 Å². The molecule has 0 amide bonds. The van der Waals surface area contributed by atoms with E-state index in [9.17, 15) is 8.78 Å². The Kier molecular flexibility index (Phi) is 3.86. The maximum Gasteiger partial charge on any atom is 0.274 e. The Balaban J connectivity index is 3.01. The second-order valence-electron chi connectivity index (χ2n) is 2.87.